The van der Waals surface area contributed by atoms with Crippen LogP contribution in [0.15, 0.2) is 30.3 Å². The van der Waals surface area contributed by atoms with Crippen molar-refractivity contribution in [1.29, 1.82) is 0 Å². The zero-order valence-electron chi connectivity index (χ0n) is 10.9. The van der Waals surface area contributed by atoms with Gasteiger partial charge in [0.25, 0.3) is 0 Å². The van der Waals surface area contributed by atoms with Gasteiger partial charge in [-0.1, -0.05) is 42.1 Å². The number of benzene rings is 1. The molecule has 0 atom stereocenters. The van der Waals surface area contributed by atoms with E-state index >= 15 is 0 Å². The lowest BCUT2D eigenvalue weighted by Crippen LogP contribution is -2.52. The average molecular weight is 330 g/mol. The topological polar surface area (TPSA) is 17.1 Å². The van der Waals surface area contributed by atoms with Crippen molar-refractivity contribution in [3.63, 3.8) is 0 Å². The van der Waals surface area contributed by atoms with E-state index in [9.17, 15) is 31.1 Å². The molecular weight excluding hydrogens is 318 g/mol. The molecule has 8 heteroatoms. The highest BCUT2D eigenvalue weighted by Crippen LogP contribution is 2.47. The fourth-order valence-corrected chi connectivity index (χ4v) is 2.25. The third kappa shape index (κ3) is 4.15. The molecule has 0 saturated heterocycles. The summed E-state index contributed by atoms with van der Waals surface area (Å²) in [6, 6.07) is 7.60. The van der Waals surface area contributed by atoms with Crippen molar-refractivity contribution in [1.82, 2.24) is 0 Å². The van der Waals surface area contributed by atoms with Gasteiger partial charge in [0.1, 0.15) is 0 Å². The number of carbonyl (C=O) groups is 1. The summed E-state index contributed by atoms with van der Waals surface area (Å²) >= 11 is 0.386. The molecule has 0 aliphatic carbocycles. The summed E-state index contributed by atoms with van der Waals surface area (Å²) in [7, 11) is 0. The van der Waals surface area contributed by atoms with Crippen molar-refractivity contribution < 1.29 is 31.1 Å². The minimum absolute atomic E-state index is 0.221. The first-order valence-corrected chi connectivity index (χ1v) is 6.83. The van der Waals surface area contributed by atoms with Gasteiger partial charge >= 0.3 is 17.8 Å². The highest BCUT2D eigenvalue weighted by Gasteiger charge is 2.68. The Morgan fingerprint density at radius 2 is 1.57 bits per heavy atom. The van der Waals surface area contributed by atoms with Crippen LogP contribution in [0.4, 0.5) is 26.3 Å². The normalized spacial score (nSPS) is 13.3. The molecule has 1 aromatic rings. The molecule has 1 rings (SSSR count). The summed E-state index contributed by atoms with van der Waals surface area (Å²) in [6.07, 6.45) is -1.52. The summed E-state index contributed by atoms with van der Waals surface area (Å²) in [5, 5.41) is -0.585. The van der Waals surface area contributed by atoms with Gasteiger partial charge in [-0.15, -0.1) is 0 Å². The summed E-state index contributed by atoms with van der Waals surface area (Å²) < 4.78 is 77.4. The summed E-state index contributed by atoms with van der Waals surface area (Å²) in [4.78, 5) is 11.6. The van der Waals surface area contributed by atoms with Gasteiger partial charge in [-0.05, 0) is 0 Å². The van der Waals surface area contributed by atoms with Crippen molar-refractivity contribution >= 4 is 16.9 Å². The van der Waals surface area contributed by atoms with E-state index in [0.29, 0.717) is 11.8 Å². The van der Waals surface area contributed by atoms with Crippen molar-refractivity contribution in [2.75, 3.05) is 5.75 Å². The highest BCUT2D eigenvalue weighted by atomic mass is 32.2. The van der Waals surface area contributed by atoms with E-state index in [1.807, 2.05) is 0 Å². The molecule has 118 valence electrons. The van der Waals surface area contributed by atoms with Crippen LogP contribution in [0.2, 0.25) is 0 Å². The minimum atomic E-state index is -5.46. The van der Waals surface area contributed by atoms with Crippen molar-refractivity contribution in [2.45, 2.75) is 31.1 Å². The molecule has 0 bridgehead atoms. The maximum absolute atomic E-state index is 13.2. The quantitative estimate of drug-likeness (QED) is 0.692. The first kappa shape index (κ1) is 17.9. The number of hydrogen-bond acceptors (Lipinski definition) is 2. The van der Waals surface area contributed by atoms with E-state index in [4.69, 9.17) is 0 Å². The molecule has 1 nitrogen and oxygen atoms in total. The standard InChI is InChI=1S/C13H12F6OS/c1-11(14,15)13(18,19)12(16,17)7-8-21-10(20)9-5-3-2-4-6-9/h2-6H,7-8H2,1H3. The number of alkyl halides is 6. The Bertz CT molecular complexity index is 483. The van der Waals surface area contributed by atoms with E-state index < -0.39 is 35.1 Å². The number of carbonyl (C=O) groups excluding carboxylic acids is 1. The van der Waals surface area contributed by atoms with Crippen LogP contribution in [0.1, 0.15) is 23.7 Å². The van der Waals surface area contributed by atoms with E-state index in [-0.39, 0.29) is 12.5 Å². The summed E-state index contributed by atoms with van der Waals surface area (Å²) in [5.74, 6) is -15.9. The zero-order chi connectivity index (χ0) is 16.3. The van der Waals surface area contributed by atoms with Gasteiger partial charge in [0.2, 0.25) is 5.12 Å². The lowest BCUT2D eigenvalue weighted by Gasteiger charge is -2.30. The maximum atomic E-state index is 13.2. The number of halogens is 6. The Morgan fingerprint density at radius 1 is 1.05 bits per heavy atom. The molecule has 0 radical (unpaired) electrons. The summed E-state index contributed by atoms with van der Waals surface area (Å²) in [5.41, 5.74) is 0.221. The largest absolute Gasteiger partial charge is 0.371 e. The Morgan fingerprint density at radius 3 is 2.05 bits per heavy atom. The molecule has 0 spiro atoms. The first-order valence-electron chi connectivity index (χ1n) is 5.85. The number of rotatable bonds is 6. The molecule has 0 aliphatic heterocycles. The lowest BCUT2D eigenvalue weighted by atomic mass is 10.0. The highest BCUT2D eigenvalue weighted by molar-refractivity contribution is 8.14. The van der Waals surface area contributed by atoms with Crippen molar-refractivity contribution in [2.24, 2.45) is 0 Å². The molecule has 0 aliphatic rings. The van der Waals surface area contributed by atoms with Gasteiger partial charge < -0.3 is 0 Å². The zero-order valence-corrected chi connectivity index (χ0v) is 11.7. The van der Waals surface area contributed by atoms with Crippen LogP contribution >= 0.6 is 11.8 Å². The smallest absolute Gasteiger partial charge is 0.282 e. The predicted molar refractivity (Wildman–Crippen MR) is 68.4 cm³/mol. The van der Waals surface area contributed by atoms with Crippen LogP contribution in [0.25, 0.3) is 0 Å². The van der Waals surface area contributed by atoms with E-state index in [1.165, 1.54) is 12.1 Å². The second-order valence-electron chi connectivity index (χ2n) is 4.42. The molecule has 21 heavy (non-hydrogen) atoms. The van der Waals surface area contributed by atoms with Crippen LogP contribution in [-0.2, 0) is 0 Å². The minimum Gasteiger partial charge on any atom is -0.282 e. The van der Waals surface area contributed by atoms with Crippen LogP contribution < -0.4 is 0 Å². The molecule has 0 aromatic heterocycles. The Balaban J connectivity index is 2.61. The molecular formula is C13H12F6OS. The summed E-state index contributed by atoms with van der Waals surface area (Å²) in [6.45, 7) is -0.261. The lowest BCUT2D eigenvalue weighted by molar-refractivity contribution is -0.302. The van der Waals surface area contributed by atoms with E-state index in [1.54, 1.807) is 18.2 Å². The van der Waals surface area contributed by atoms with Gasteiger partial charge in [0, 0.05) is 24.7 Å². The fourth-order valence-electron chi connectivity index (χ4n) is 1.41. The third-order valence-electron chi connectivity index (χ3n) is 2.67. The number of thioether (sulfide) groups is 1. The molecule has 0 amide bonds. The van der Waals surface area contributed by atoms with Gasteiger partial charge in [-0.2, -0.15) is 26.3 Å². The van der Waals surface area contributed by atoms with Crippen molar-refractivity contribution in [3.8, 4) is 0 Å². The average Bonchev–Trinajstić information content (AvgIpc) is 2.38. The van der Waals surface area contributed by atoms with Gasteiger partial charge in [-0.25, -0.2) is 0 Å². The van der Waals surface area contributed by atoms with E-state index in [0.717, 1.165) is 0 Å². The fraction of sp³-hybridized carbons (Fsp3) is 0.462. The second kappa shape index (κ2) is 6.29. The molecule has 0 fully saturated rings. The molecule has 0 N–H and O–H groups in total. The Hall–Kier alpha value is -1.18. The van der Waals surface area contributed by atoms with Gasteiger partial charge in [0.15, 0.2) is 0 Å². The SMILES string of the molecule is CC(F)(F)C(F)(F)C(F)(F)CCSC(=O)c1ccccc1. The van der Waals surface area contributed by atoms with Crippen LogP contribution in [0, 0.1) is 0 Å². The van der Waals surface area contributed by atoms with Crippen LogP contribution in [-0.4, -0.2) is 28.6 Å². The van der Waals surface area contributed by atoms with E-state index in [2.05, 4.69) is 0 Å². The maximum Gasteiger partial charge on any atom is 0.371 e. The predicted octanol–water partition coefficient (Wildman–Crippen LogP) is 4.88. The molecule has 0 unspecified atom stereocenters. The Labute approximate surface area is 121 Å². The first-order chi connectivity index (χ1) is 9.49. The molecule has 0 saturated carbocycles. The second-order valence-corrected chi connectivity index (χ2v) is 5.49. The number of hydrogen-bond donors (Lipinski definition) is 0. The monoisotopic (exact) mass is 330 g/mol. The van der Waals surface area contributed by atoms with Crippen LogP contribution in [0.5, 0.6) is 0 Å². The molecule has 0 heterocycles. The third-order valence-corrected chi connectivity index (χ3v) is 3.58. The van der Waals surface area contributed by atoms with Gasteiger partial charge in [-0.3, -0.25) is 4.79 Å². The molecule has 1 aromatic carbocycles. The van der Waals surface area contributed by atoms with Crippen LogP contribution in [0.3, 0.4) is 0 Å². The van der Waals surface area contributed by atoms with Gasteiger partial charge in [0.05, 0.1) is 0 Å². The van der Waals surface area contributed by atoms with Crippen molar-refractivity contribution in [3.05, 3.63) is 35.9 Å². The Kier molecular flexibility index (Phi) is 5.35.